The predicted octanol–water partition coefficient (Wildman–Crippen LogP) is 4.74. The van der Waals surface area contributed by atoms with E-state index in [4.69, 9.17) is 25.8 Å². The van der Waals surface area contributed by atoms with E-state index >= 15 is 0 Å². The highest BCUT2D eigenvalue weighted by Crippen LogP contribution is 2.36. The molecule has 0 heterocycles. The summed E-state index contributed by atoms with van der Waals surface area (Å²) in [5.41, 5.74) is 1.59. The first-order valence-corrected chi connectivity index (χ1v) is 8.11. The zero-order chi connectivity index (χ0) is 17.5. The van der Waals surface area contributed by atoms with E-state index in [2.05, 4.69) is 19.9 Å². The van der Waals surface area contributed by atoms with Gasteiger partial charge >= 0.3 is 0 Å². The molecule has 24 heavy (non-hydrogen) atoms. The van der Waals surface area contributed by atoms with Gasteiger partial charge in [0.05, 0.1) is 12.1 Å². The summed E-state index contributed by atoms with van der Waals surface area (Å²) in [6.07, 6.45) is 0.712. The number of hydrogen-bond acceptors (Lipinski definition) is 4. The molecule has 0 aliphatic rings. The van der Waals surface area contributed by atoms with Crippen LogP contribution in [0.3, 0.4) is 0 Å². The highest BCUT2D eigenvalue weighted by atomic mass is 35.5. The molecule has 0 aliphatic heterocycles. The number of ether oxygens (including phenoxy) is 3. The zero-order valence-corrected chi connectivity index (χ0v) is 14.8. The maximum Gasteiger partial charge on any atom is 0.179 e. The Morgan fingerprint density at radius 2 is 1.79 bits per heavy atom. The molecule has 0 atom stereocenters. The van der Waals surface area contributed by atoms with Gasteiger partial charge in [0.2, 0.25) is 0 Å². The second-order valence-electron chi connectivity index (χ2n) is 5.54. The largest absolute Gasteiger partial charge is 0.493 e. The standard InChI is InChI=1S/C19H21ClO4/c1-13(2)15-6-4-5-7-17(15)23-8-9-24-19-16(20)10-14(12-21)11-18(19)22-3/h4-7,10-13H,8-9H2,1-3H3. The molecule has 128 valence electrons. The minimum atomic E-state index is 0.308. The number of aldehydes is 1. The number of carbonyl (C=O) groups excluding carboxylic acids is 1. The van der Waals surface area contributed by atoms with E-state index in [1.807, 2.05) is 18.2 Å². The molecular weight excluding hydrogens is 328 g/mol. The predicted molar refractivity (Wildman–Crippen MR) is 94.9 cm³/mol. The molecule has 2 aromatic carbocycles. The average molecular weight is 349 g/mol. The summed E-state index contributed by atoms with van der Waals surface area (Å²) in [5, 5.41) is 0.332. The van der Waals surface area contributed by atoms with Crippen LogP contribution in [0.25, 0.3) is 0 Å². The van der Waals surface area contributed by atoms with Crippen LogP contribution < -0.4 is 14.2 Å². The summed E-state index contributed by atoms with van der Waals surface area (Å²) in [6, 6.07) is 11.1. The number of rotatable bonds is 8. The Hall–Kier alpha value is -2.20. The molecule has 2 aromatic rings. The van der Waals surface area contributed by atoms with E-state index in [-0.39, 0.29) is 0 Å². The molecule has 0 spiro atoms. The van der Waals surface area contributed by atoms with Crippen LogP contribution >= 0.6 is 11.6 Å². The fourth-order valence-corrected chi connectivity index (χ4v) is 2.61. The number of para-hydroxylation sites is 1. The fraction of sp³-hybridized carbons (Fsp3) is 0.316. The van der Waals surface area contributed by atoms with Gasteiger partial charge in [0.25, 0.3) is 0 Å². The Kier molecular flexibility index (Phi) is 6.50. The van der Waals surface area contributed by atoms with Crippen molar-refractivity contribution in [3.63, 3.8) is 0 Å². The monoisotopic (exact) mass is 348 g/mol. The smallest absolute Gasteiger partial charge is 0.179 e. The molecule has 0 saturated carbocycles. The summed E-state index contributed by atoms with van der Waals surface area (Å²) in [4.78, 5) is 10.9. The second-order valence-corrected chi connectivity index (χ2v) is 5.95. The van der Waals surface area contributed by atoms with E-state index < -0.39 is 0 Å². The number of hydrogen-bond donors (Lipinski definition) is 0. The lowest BCUT2D eigenvalue weighted by atomic mass is 10.0. The molecule has 0 fully saturated rings. The average Bonchev–Trinajstić information content (AvgIpc) is 2.59. The Morgan fingerprint density at radius 1 is 1.08 bits per heavy atom. The van der Waals surface area contributed by atoms with Crippen molar-refractivity contribution in [1.82, 2.24) is 0 Å². The van der Waals surface area contributed by atoms with Gasteiger partial charge in [0, 0.05) is 5.56 Å². The molecule has 0 N–H and O–H groups in total. The lowest BCUT2D eigenvalue weighted by Crippen LogP contribution is -2.11. The van der Waals surface area contributed by atoms with E-state index in [0.717, 1.165) is 11.3 Å². The van der Waals surface area contributed by atoms with Crippen molar-refractivity contribution in [3.05, 3.63) is 52.5 Å². The zero-order valence-electron chi connectivity index (χ0n) is 14.0. The van der Waals surface area contributed by atoms with Crippen LogP contribution in [0, 0.1) is 0 Å². The second kappa shape index (κ2) is 8.60. The van der Waals surface area contributed by atoms with Gasteiger partial charge in [0.15, 0.2) is 11.5 Å². The number of halogens is 1. The van der Waals surface area contributed by atoms with Gasteiger partial charge in [-0.1, -0.05) is 43.6 Å². The van der Waals surface area contributed by atoms with Crippen LogP contribution in [0.4, 0.5) is 0 Å². The van der Waals surface area contributed by atoms with Gasteiger partial charge < -0.3 is 14.2 Å². The van der Waals surface area contributed by atoms with Gasteiger partial charge in [-0.3, -0.25) is 4.79 Å². The van der Waals surface area contributed by atoms with Crippen LogP contribution in [-0.4, -0.2) is 26.6 Å². The van der Waals surface area contributed by atoms with Crippen molar-refractivity contribution in [2.24, 2.45) is 0 Å². The molecule has 0 aromatic heterocycles. The molecule has 0 aliphatic carbocycles. The molecule has 5 heteroatoms. The van der Waals surface area contributed by atoms with Crippen molar-refractivity contribution < 1.29 is 19.0 Å². The Balaban J connectivity index is 1.99. The molecule has 0 bridgehead atoms. The highest BCUT2D eigenvalue weighted by Gasteiger charge is 2.12. The SMILES string of the molecule is COc1cc(C=O)cc(Cl)c1OCCOc1ccccc1C(C)C. The first-order valence-electron chi connectivity index (χ1n) is 7.74. The van der Waals surface area contributed by atoms with E-state index in [1.165, 1.54) is 7.11 Å². The maximum absolute atomic E-state index is 10.9. The number of benzene rings is 2. The minimum Gasteiger partial charge on any atom is -0.493 e. The summed E-state index contributed by atoms with van der Waals surface area (Å²) in [7, 11) is 1.50. The van der Waals surface area contributed by atoms with Gasteiger partial charge in [-0.2, -0.15) is 0 Å². The van der Waals surface area contributed by atoms with Crippen molar-refractivity contribution in [2.45, 2.75) is 19.8 Å². The summed E-state index contributed by atoms with van der Waals surface area (Å²) in [5.74, 6) is 2.07. The summed E-state index contributed by atoms with van der Waals surface area (Å²) < 4.78 is 16.7. The molecule has 0 radical (unpaired) electrons. The fourth-order valence-electron chi connectivity index (χ4n) is 2.33. The molecule has 0 unspecified atom stereocenters. The van der Waals surface area contributed by atoms with Crippen LogP contribution in [0.1, 0.15) is 35.7 Å². The highest BCUT2D eigenvalue weighted by molar-refractivity contribution is 6.32. The quantitative estimate of drug-likeness (QED) is 0.510. The number of carbonyl (C=O) groups is 1. The van der Waals surface area contributed by atoms with Crippen LogP contribution in [0.5, 0.6) is 17.2 Å². The summed E-state index contributed by atoms with van der Waals surface area (Å²) in [6.45, 7) is 4.93. The molecule has 0 saturated heterocycles. The third-order valence-electron chi connectivity index (χ3n) is 3.52. The van der Waals surface area contributed by atoms with Crippen molar-refractivity contribution >= 4 is 17.9 Å². The van der Waals surface area contributed by atoms with Crippen LogP contribution in [0.15, 0.2) is 36.4 Å². The van der Waals surface area contributed by atoms with E-state index in [1.54, 1.807) is 12.1 Å². The molecule has 2 rings (SSSR count). The van der Waals surface area contributed by atoms with Gasteiger partial charge in [0.1, 0.15) is 25.2 Å². The van der Waals surface area contributed by atoms with Crippen LogP contribution in [-0.2, 0) is 0 Å². The van der Waals surface area contributed by atoms with E-state index in [0.29, 0.717) is 47.5 Å². The lowest BCUT2D eigenvalue weighted by molar-refractivity contribution is 0.112. The van der Waals surface area contributed by atoms with Crippen molar-refractivity contribution in [3.8, 4) is 17.2 Å². The topological polar surface area (TPSA) is 44.8 Å². The van der Waals surface area contributed by atoms with E-state index in [9.17, 15) is 4.79 Å². The first kappa shape index (κ1) is 18.1. The number of methoxy groups -OCH3 is 1. The Morgan fingerprint density at radius 3 is 2.46 bits per heavy atom. The maximum atomic E-state index is 10.9. The van der Waals surface area contributed by atoms with Gasteiger partial charge in [-0.15, -0.1) is 0 Å². The Bertz CT molecular complexity index is 698. The first-order chi connectivity index (χ1) is 11.6. The van der Waals surface area contributed by atoms with Gasteiger partial charge in [-0.25, -0.2) is 0 Å². The molecule has 4 nitrogen and oxygen atoms in total. The third-order valence-corrected chi connectivity index (χ3v) is 3.80. The molecule has 0 amide bonds. The normalized spacial score (nSPS) is 10.5. The summed E-state index contributed by atoms with van der Waals surface area (Å²) >= 11 is 6.15. The van der Waals surface area contributed by atoms with Crippen LogP contribution in [0.2, 0.25) is 5.02 Å². The van der Waals surface area contributed by atoms with Crippen molar-refractivity contribution in [1.29, 1.82) is 0 Å². The van der Waals surface area contributed by atoms with Crippen molar-refractivity contribution in [2.75, 3.05) is 20.3 Å². The Labute approximate surface area is 147 Å². The third kappa shape index (κ3) is 4.42. The van der Waals surface area contributed by atoms with Gasteiger partial charge in [-0.05, 0) is 29.7 Å². The minimum absolute atomic E-state index is 0.308. The lowest BCUT2D eigenvalue weighted by Gasteiger charge is -2.15. The molecular formula is C19H21ClO4.